The standard InChI is InChI=1S/C28H27NO7/c1-16-5-10-20(11-6-16)27(33)35-23(25(30)29-22-14-9-18(3)19(4)15-22)24(26(31)32)36-28(34)21-12-7-17(2)8-13-21/h5-15,23-24H,1-4H3,(H,29,30)(H,31,32)/t23-,24-/m0/s1. The van der Waals surface area contributed by atoms with E-state index in [2.05, 4.69) is 5.32 Å². The van der Waals surface area contributed by atoms with Gasteiger partial charge in [-0.15, -0.1) is 0 Å². The fraction of sp³-hybridized carbons (Fsp3) is 0.214. The first-order chi connectivity index (χ1) is 17.0. The number of amides is 1. The number of anilines is 1. The van der Waals surface area contributed by atoms with Gasteiger partial charge in [-0.25, -0.2) is 14.4 Å². The number of ether oxygens (including phenoxy) is 2. The molecule has 0 saturated carbocycles. The first kappa shape index (κ1) is 26.2. The van der Waals surface area contributed by atoms with E-state index in [1.54, 1.807) is 42.5 Å². The van der Waals surface area contributed by atoms with E-state index in [-0.39, 0.29) is 11.1 Å². The minimum atomic E-state index is -2.10. The lowest BCUT2D eigenvalue weighted by Gasteiger charge is -2.24. The normalized spacial score (nSPS) is 12.2. The Kier molecular flexibility index (Phi) is 8.22. The molecule has 2 atom stereocenters. The highest BCUT2D eigenvalue weighted by Gasteiger charge is 2.41. The Labute approximate surface area is 208 Å². The summed E-state index contributed by atoms with van der Waals surface area (Å²) in [5, 5.41) is 12.4. The largest absolute Gasteiger partial charge is 0.478 e. The molecule has 0 aromatic heterocycles. The van der Waals surface area contributed by atoms with Gasteiger partial charge in [0.15, 0.2) is 0 Å². The summed E-state index contributed by atoms with van der Waals surface area (Å²) in [5.74, 6) is -4.51. The van der Waals surface area contributed by atoms with Crippen molar-refractivity contribution in [3.8, 4) is 0 Å². The maximum Gasteiger partial charge on any atom is 0.349 e. The van der Waals surface area contributed by atoms with E-state index in [0.717, 1.165) is 22.3 Å². The summed E-state index contributed by atoms with van der Waals surface area (Å²) in [6.45, 7) is 7.41. The summed E-state index contributed by atoms with van der Waals surface area (Å²) in [7, 11) is 0. The molecule has 0 aliphatic heterocycles. The molecule has 3 rings (SSSR count). The van der Waals surface area contributed by atoms with Crippen LogP contribution in [0.5, 0.6) is 0 Å². The second-order valence-electron chi connectivity index (χ2n) is 8.51. The molecule has 0 fully saturated rings. The van der Waals surface area contributed by atoms with Crippen LogP contribution in [-0.4, -0.2) is 41.1 Å². The Hall–Kier alpha value is -4.46. The number of benzene rings is 3. The second-order valence-corrected chi connectivity index (χ2v) is 8.51. The molecule has 0 bridgehead atoms. The van der Waals surface area contributed by atoms with Crippen LogP contribution in [0.2, 0.25) is 0 Å². The van der Waals surface area contributed by atoms with Crippen LogP contribution >= 0.6 is 0 Å². The number of hydrogen-bond acceptors (Lipinski definition) is 6. The lowest BCUT2D eigenvalue weighted by atomic mass is 10.1. The molecule has 0 heterocycles. The SMILES string of the molecule is Cc1ccc(C(=O)O[C@H](C(=O)O)[C@H](OC(=O)c2ccc(C)cc2)C(=O)Nc2ccc(C)c(C)c2)cc1. The number of carboxylic acids is 1. The molecule has 0 spiro atoms. The van der Waals surface area contributed by atoms with E-state index < -0.39 is 36.0 Å². The van der Waals surface area contributed by atoms with Crippen molar-refractivity contribution in [1.29, 1.82) is 0 Å². The second kappa shape index (κ2) is 11.3. The number of carbonyl (C=O) groups is 4. The molecule has 36 heavy (non-hydrogen) atoms. The van der Waals surface area contributed by atoms with Gasteiger partial charge in [0, 0.05) is 5.69 Å². The molecule has 1 amide bonds. The zero-order chi connectivity index (χ0) is 26.4. The molecule has 0 radical (unpaired) electrons. The number of nitrogens with one attached hydrogen (secondary N) is 1. The van der Waals surface area contributed by atoms with Crippen molar-refractivity contribution in [1.82, 2.24) is 0 Å². The topological polar surface area (TPSA) is 119 Å². The van der Waals surface area contributed by atoms with Crippen molar-refractivity contribution in [3.05, 3.63) is 100 Å². The van der Waals surface area contributed by atoms with Gasteiger partial charge in [-0.2, -0.15) is 0 Å². The predicted molar refractivity (Wildman–Crippen MR) is 133 cm³/mol. The highest BCUT2D eigenvalue weighted by Crippen LogP contribution is 2.18. The average Bonchev–Trinajstić information content (AvgIpc) is 2.84. The van der Waals surface area contributed by atoms with Crippen LogP contribution in [0.1, 0.15) is 43.0 Å². The molecule has 8 heteroatoms. The number of carboxylic acid groups (broad SMARTS) is 1. The monoisotopic (exact) mass is 489 g/mol. The van der Waals surface area contributed by atoms with E-state index in [0.29, 0.717) is 5.69 Å². The number of carbonyl (C=O) groups excluding carboxylic acids is 3. The van der Waals surface area contributed by atoms with Crippen molar-refractivity contribution in [2.75, 3.05) is 5.32 Å². The summed E-state index contributed by atoms with van der Waals surface area (Å²) in [5.41, 5.74) is 4.23. The van der Waals surface area contributed by atoms with Crippen LogP contribution in [0.15, 0.2) is 66.7 Å². The van der Waals surface area contributed by atoms with Crippen LogP contribution < -0.4 is 5.32 Å². The summed E-state index contributed by atoms with van der Waals surface area (Å²) >= 11 is 0. The van der Waals surface area contributed by atoms with Crippen molar-refractivity contribution >= 4 is 29.5 Å². The molecule has 8 nitrogen and oxygen atoms in total. The maximum absolute atomic E-state index is 13.2. The van der Waals surface area contributed by atoms with Crippen LogP contribution in [0.3, 0.4) is 0 Å². The van der Waals surface area contributed by atoms with E-state index in [1.807, 2.05) is 27.7 Å². The summed E-state index contributed by atoms with van der Waals surface area (Å²) < 4.78 is 10.5. The third-order valence-electron chi connectivity index (χ3n) is 5.59. The molecule has 3 aromatic carbocycles. The Balaban J connectivity index is 1.92. The smallest absolute Gasteiger partial charge is 0.349 e. The molecule has 0 saturated heterocycles. The number of rotatable bonds is 8. The van der Waals surface area contributed by atoms with Gasteiger partial charge in [0.2, 0.25) is 12.2 Å². The van der Waals surface area contributed by atoms with Crippen molar-refractivity contribution in [3.63, 3.8) is 0 Å². The van der Waals surface area contributed by atoms with Gasteiger partial charge in [-0.05, 0) is 75.2 Å². The Morgan fingerprint density at radius 2 is 1.14 bits per heavy atom. The Bertz CT molecular complexity index is 1280. The van der Waals surface area contributed by atoms with Crippen molar-refractivity contribution < 1.29 is 33.8 Å². The van der Waals surface area contributed by atoms with E-state index in [1.165, 1.54) is 24.3 Å². The molecular formula is C28H27NO7. The minimum Gasteiger partial charge on any atom is -0.478 e. The van der Waals surface area contributed by atoms with Gasteiger partial charge < -0.3 is 19.9 Å². The molecule has 186 valence electrons. The molecular weight excluding hydrogens is 462 g/mol. The highest BCUT2D eigenvalue weighted by molar-refractivity contribution is 6.01. The summed E-state index contributed by atoms with van der Waals surface area (Å²) in [6, 6.07) is 17.7. The third kappa shape index (κ3) is 6.56. The Morgan fingerprint density at radius 3 is 1.58 bits per heavy atom. The lowest BCUT2D eigenvalue weighted by molar-refractivity contribution is -0.157. The number of esters is 2. The van der Waals surface area contributed by atoms with E-state index in [4.69, 9.17) is 9.47 Å². The fourth-order valence-corrected chi connectivity index (χ4v) is 3.27. The highest BCUT2D eigenvalue weighted by atomic mass is 16.6. The fourth-order valence-electron chi connectivity index (χ4n) is 3.27. The number of hydrogen-bond donors (Lipinski definition) is 2. The Morgan fingerprint density at radius 1 is 0.667 bits per heavy atom. The van der Waals surface area contributed by atoms with Gasteiger partial charge in [-0.1, -0.05) is 41.5 Å². The van der Waals surface area contributed by atoms with Gasteiger partial charge in [0.1, 0.15) is 0 Å². The molecule has 0 aliphatic carbocycles. The zero-order valence-corrected chi connectivity index (χ0v) is 20.4. The molecule has 0 aliphatic rings. The average molecular weight is 490 g/mol. The van der Waals surface area contributed by atoms with Crippen molar-refractivity contribution in [2.24, 2.45) is 0 Å². The predicted octanol–water partition coefficient (Wildman–Crippen LogP) is 4.39. The third-order valence-corrected chi connectivity index (χ3v) is 5.59. The van der Waals surface area contributed by atoms with Gasteiger partial charge >= 0.3 is 17.9 Å². The summed E-state index contributed by atoms with van der Waals surface area (Å²) in [4.78, 5) is 50.8. The molecule has 0 unspecified atom stereocenters. The quantitative estimate of drug-likeness (QED) is 0.450. The maximum atomic E-state index is 13.2. The first-order valence-electron chi connectivity index (χ1n) is 11.2. The van der Waals surface area contributed by atoms with Crippen LogP contribution in [0.25, 0.3) is 0 Å². The minimum absolute atomic E-state index is 0.0880. The van der Waals surface area contributed by atoms with E-state index in [9.17, 15) is 24.3 Å². The first-order valence-corrected chi connectivity index (χ1v) is 11.2. The molecule has 3 aromatic rings. The number of aliphatic carboxylic acids is 1. The lowest BCUT2D eigenvalue weighted by Crippen LogP contribution is -2.48. The zero-order valence-electron chi connectivity index (χ0n) is 20.4. The van der Waals surface area contributed by atoms with Crippen LogP contribution in [0.4, 0.5) is 5.69 Å². The van der Waals surface area contributed by atoms with Crippen LogP contribution in [-0.2, 0) is 19.1 Å². The van der Waals surface area contributed by atoms with Crippen LogP contribution in [0, 0.1) is 27.7 Å². The van der Waals surface area contributed by atoms with E-state index >= 15 is 0 Å². The van der Waals surface area contributed by atoms with Gasteiger partial charge in [0.05, 0.1) is 11.1 Å². The summed E-state index contributed by atoms with van der Waals surface area (Å²) in [6.07, 6.45) is -4.06. The number of aryl methyl sites for hydroxylation is 4. The van der Waals surface area contributed by atoms with Gasteiger partial charge in [0.25, 0.3) is 5.91 Å². The molecule has 2 N–H and O–H groups in total. The van der Waals surface area contributed by atoms with Crippen molar-refractivity contribution in [2.45, 2.75) is 39.9 Å². The van der Waals surface area contributed by atoms with Gasteiger partial charge in [-0.3, -0.25) is 4.79 Å².